The summed E-state index contributed by atoms with van der Waals surface area (Å²) < 4.78 is 38.2. The smallest absolute Gasteiger partial charge is 0.398 e. The second-order valence-corrected chi connectivity index (χ2v) is 5.29. The van der Waals surface area contributed by atoms with E-state index < -0.39 is 17.6 Å². The monoisotopic (exact) mass is 286 g/mol. The molecule has 0 bridgehead atoms. The van der Waals surface area contributed by atoms with Crippen molar-refractivity contribution in [2.24, 2.45) is 5.92 Å². The molecular formula is C14H17F3N2O. The average molecular weight is 286 g/mol. The molecule has 0 radical (unpaired) electrons. The number of nitrogens with one attached hydrogen (secondary N) is 1. The minimum atomic E-state index is -4.55. The second kappa shape index (κ2) is 5.34. The van der Waals surface area contributed by atoms with Gasteiger partial charge >= 0.3 is 6.18 Å². The van der Waals surface area contributed by atoms with Crippen LogP contribution in [0, 0.1) is 5.92 Å². The fourth-order valence-electron chi connectivity index (χ4n) is 2.55. The molecule has 1 fully saturated rings. The van der Waals surface area contributed by atoms with Gasteiger partial charge in [-0.15, -0.1) is 0 Å². The third-order valence-corrected chi connectivity index (χ3v) is 3.80. The Bertz CT molecular complexity index is 514. The van der Waals surface area contributed by atoms with Crippen LogP contribution in [-0.2, 0) is 6.18 Å². The third kappa shape index (κ3) is 3.05. The Morgan fingerprint density at radius 3 is 2.60 bits per heavy atom. The first-order valence-electron chi connectivity index (χ1n) is 6.56. The summed E-state index contributed by atoms with van der Waals surface area (Å²) in [5.74, 6) is -0.121. The number of nitrogens with two attached hydrogens (primary N) is 1. The Labute approximate surface area is 115 Å². The lowest BCUT2D eigenvalue weighted by Crippen LogP contribution is -2.36. The first kappa shape index (κ1) is 14.7. The number of anilines is 1. The molecule has 2 unspecified atom stereocenters. The van der Waals surface area contributed by atoms with Gasteiger partial charge in [0.25, 0.3) is 5.91 Å². The lowest BCUT2D eigenvalue weighted by atomic mass is 10.0. The molecule has 6 heteroatoms. The molecule has 1 aromatic rings. The molecule has 0 aliphatic heterocycles. The van der Waals surface area contributed by atoms with Crippen LogP contribution in [0.25, 0.3) is 0 Å². The van der Waals surface area contributed by atoms with Gasteiger partial charge in [-0.1, -0.05) is 13.3 Å². The number of hydrogen-bond donors (Lipinski definition) is 2. The summed E-state index contributed by atoms with van der Waals surface area (Å²) in [5, 5.41) is 2.80. The van der Waals surface area contributed by atoms with Crippen LogP contribution in [0.15, 0.2) is 18.2 Å². The molecule has 1 amide bonds. The minimum Gasteiger partial charge on any atom is -0.398 e. The predicted molar refractivity (Wildman–Crippen MR) is 70.1 cm³/mol. The van der Waals surface area contributed by atoms with Crippen molar-refractivity contribution in [3.05, 3.63) is 29.3 Å². The largest absolute Gasteiger partial charge is 0.418 e. The Morgan fingerprint density at radius 2 is 2.05 bits per heavy atom. The average Bonchev–Trinajstić information content (AvgIpc) is 2.74. The van der Waals surface area contributed by atoms with E-state index >= 15 is 0 Å². The van der Waals surface area contributed by atoms with E-state index in [1.165, 1.54) is 6.07 Å². The fourth-order valence-corrected chi connectivity index (χ4v) is 2.55. The molecule has 1 aromatic carbocycles. The molecule has 0 spiro atoms. The summed E-state index contributed by atoms with van der Waals surface area (Å²) in [6.07, 6.45) is -1.63. The number of carbonyl (C=O) groups excluding carboxylic acids is 1. The number of halogens is 3. The molecule has 0 aromatic heterocycles. The van der Waals surface area contributed by atoms with Crippen molar-refractivity contribution in [1.29, 1.82) is 0 Å². The lowest BCUT2D eigenvalue weighted by Gasteiger charge is -2.18. The van der Waals surface area contributed by atoms with E-state index in [1.54, 1.807) is 0 Å². The number of benzene rings is 1. The topological polar surface area (TPSA) is 55.1 Å². The van der Waals surface area contributed by atoms with Crippen LogP contribution in [0.1, 0.15) is 42.1 Å². The van der Waals surface area contributed by atoms with E-state index in [-0.39, 0.29) is 17.3 Å². The highest BCUT2D eigenvalue weighted by Gasteiger charge is 2.34. The van der Waals surface area contributed by atoms with E-state index in [0.29, 0.717) is 5.92 Å². The first-order valence-corrected chi connectivity index (χ1v) is 6.56. The zero-order valence-corrected chi connectivity index (χ0v) is 11.1. The maximum Gasteiger partial charge on any atom is 0.418 e. The number of hydrogen-bond acceptors (Lipinski definition) is 2. The molecule has 1 saturated carbocycles. The Balaban J connectivity index is 2.18. The summed E-state index contributed by atoms with van der Waals surface area (Å²) in [7, 11) is 0. The molecule has 1 aliphatic rings. The Hall–Kier alpha value is -1.72. The molecule has 2 rings (SSSR count). The van der Waals surface area contributed by atoms with E-state index in [0.717, 1.165) is 31.4 Å². The molecule has 0 heterocycles. The zero-order valence-electron chi connectivity index (χ0n) is 11.1. The molecule has 20 heavy (non-hydrogen) atoms. The van der Waals surface area contributed by atoms with Crippen LogP contribution >= 0.6 is 0 Å². The summed E-state index contributed by atoms with van der Waals surface area (Å²) in [6, 6.07) is 3.29. The van der Waals surface area contributed by atoms with E-state index in [2.05, 4.69) is 5.32 Å². The highest BCUT2D eigenvalue weighted by molar-refractivity contribution is 5.95. The van der Waals surface area contributed by atoms with Gasteiger partial charge in [-0.25, -0.2) is 0 Å². The number of nitrogen functional groups attached to an aromatic ring is 1. The van der Waals surface area contributed by atoms with E-state index in [1.807, 2.05) is 6.92 Å². The number of rotatable bonds is 2. The standard InChI is InChI=1S/C14H17F3N2O/c1-8-3-2-4-12(8)19-13(20)9-5-6-11(18)10(7-9)14(15,16)17/h5-8,12H,2-4,18H2,1H3,(H,19,20). The van der Waals surface area contributed by atoms with Crippen LogP contribution in [0.2, 0.25) is 0 Å². The van der Waals surface area contributed by atoms with Crippen molar-refractivity contribution in [2.75, 3.05) is 5.73 Å². The summed E-state index contributed by atoms with van der Waals surface area (Å²) in [4.78, 5) is 12.0. The van der Waals surface area contributed by atoms with E-state index in [9.17, 15) is 18.0 Å². The van der Waals surface area contributed by atoms with E-state index in [4.69, 9.17) is 5.73 Å². The van der Waals surface area contributed by atoms with Gasteiger partial charge in [0.2, 0.25) is 0 Å². The SMILES string of the molecule is CC1CCCC1NC(=O)c1ccc(N)c(C(F)(F)F)c1. The predicted octanol–water partition coefficient (Wildman–Crippen LogP) is 3.21. The van der Waals surface area contributed by atoms with Crippen LogP contribution in [-0.4, -0.2) is 11.9 Å². The van der Waals surface area contributed by atoms with Gasteiger partial charge in [-0.3, -0.25) is 4.79 Å². The Morgan fingerprint density at radius 1 is 1.35 bits per heavy atom. The highest BCUT2D eigenvalue weighted by Crippen LogP contribution is 2.34. The fraction of sp³-hybridized carbons (Fsp3) is 0.500. The van der Waals surface area contributed by atoms with Gasteiger partial charge in [0.15, 0.2) is 0 Å². The summed E-state index contributed by atoms with van der Waals surface area (Å²) >= 11 is 0. The summed E-state index contributed by atoms with van der Waals surface area (Å²) in [5.41, 5.74) is 3.96. The van der Waals surface area contributed by atoms with Crippen LogP contribution in [0.3, 0.4) is 0 Å². The van der Waals surface area contributed by atoms with Crippen molar-refractivity contribution in [2.45, 2.75) is 38.4 Å². The molecule has 1 aliphatic carbocycles. The van der Waals surface area contributed by atoms with Crippen molar-refractivity contribution >= 4 is 11.6 Å². The summed E-state index contributed by atoms with van der Waals surface area (Å²) in [6.45, 7) is 2.03. The molecule has 110 valence electrons. The van der Waals surface area contributed by atoms with Gasteiger partial charge in [-0.2, -0.15) is 13.2 Å². The van der Waals surface area contributed by atoms with Crippen LogP contribution in [0.5, 0.6) is 0 Å². The second-order valence-electron chi connectivity index (χ2n) is 5.29. The van der Waals surface area contributed by atoms with Crippen molar-refractivity contribution in [3.63, 3.8) is 0 Å². The van der Waals surface area contributed by atoms with Crippen LogP contribution < -0.4 is 11.1 Å². The molecule has 2 atom stereocenters. The third-order valence-electron chi connectivity index (χ3n) is 3.80. The normalized spacial score (nSPS) is 22.8. The lowest BCUT2D eigenvalue weighted by molar-refractivity contribution is -0.136. The van der Waals surface area contributed by atoms with Gasteiger partial charge in [0.1, 0.15) is 0 Å². The van der Waals surface area contributed by atoms with Gasteiger partial charge in [0, 0.05) is 17.3 Å². The molecule has 3 N–H and O–H groups in total. The molecule has 3 nitrogen and oxygen atoms in total. The maximum atomic E-state index is 12.7. The number of amides is 1. The van der Waals surface area contributed by atoms with Gasteiger partial charge in [0.05, 0.1) is 5.56 Å². The molecule has 0 saturated heterocycles. The van der Waals surface area contributed by atoms with Crippen molar-refractivity contribution in [3.8, 4) is 0 Å². The first-order chi connectivity index (χ1) is 9.29. The maximum absolute atomic E-state index is 12.7. The Kier molecular flexibility index (Phi) is 3.92. The quantitative estimate of drug-likeness (QED) is 0.820. The minimum absolute atomic E-state index is 0.00868. The number of alkyl halides is 3. The highest BCUT2D eigenvalue weighted by atomic mass is 19.4. The van der Waals surface area contributed by atoms with Crippen molar-refractivity contribution in [1.82, 2.24) is 5.32 Å². The van der Waals surface area contributed by atoms with Crippen molar-refractivity contribution < 1.29 is 18.0 Å². The zero-order chi connectivity index (χ0) is 14.9. The van der Waals surface area contributed by atoms with Gasteiger partial charge < -0.3 is 11.1 Å². The van der Waals surface area contributed by atoms with Crippen LogP contribution in [0.4, 0.5) is 18.9 Å². The number of carbonyl (C=O) groups is 1. The molecular weight excluding hydrogens is 269 g/mol. The van der Waals surface area contributed by atoms with Gasteiger partial charge in [-0.05, 0) is 37.0 Å².